The molecule has 17 heavy (non-hydrogen) atoms. The van der Waals surface area contributed by atoms with Crippen LogP contribution >= 0.6 is 0 Å². The van der Waals surface area contributed by atoms with E-state index in [9.17, 15) is 5.11 Å². The van der Waals surface area contributed by atoms with E-state index in [1.807, 2.05) is 18.2 Å². The Balaban J connectivity index is 1.84. The molecule has 0 saturated carbocycles. The van der Waals surface area contributed by atoms with Crippen LogP contribution in [0, 0.1) is 5.92 Å². The predicted octanol–water partition coefficient (Wildman–Crippen LogP) is 2.47. The monoisotopic (exact) mass is 235 g/mol. The smallest absolute Gasteiger partial charge is 0.120 e. The molecule has 2 unspecified atom stereocenters. The second-order valence-electron chi connectivity index (χ2n) is 4.77. The Hall–Kier alpha value is -1.06. The highest BCUT2D eigenvalue weighted by Gasteiger charge is 2.16. The third kappa shape index (κ3) is 3.45. The highest BCUT2D eigenvalue weighted by atomic mass is 16.5. The minimum Gasteiger partial charge on any atom is -0.508 e. The number of ether oxygens (including phenoxy) is 1. The number of phenols is 1. The summed E-state index contributed by atoms with van der Waals surface area (Å²) in [5, 5.41) is 13.2. The maximum absolute atomic E-state index is 9.75. The van der Waals surface area contributed by atoms with Gasteiger partial charge < -0.3 is 15.2 Å². The van der Waals surface area contributed by atoms with E-state index in [1.54, 1.807) is 6.07 Å². The Morgan fingerprint density at radius 1 is 1.47 bits per heavy atom. The number of para-hydroxylation sites is 1. The van der Waals surface area contributed by atoms with Crippen LogP contribution in [-0.2, 0) is 4.74 Å². The molecule has 1 aliphatic heterocycles. The van der Waals surface area contributed by atoms with Crippen LogP contribution in [0.3, 0.4) is 0 Å². The number of benzene rings is 1. The molecule has 3 heteroatoms. The van der Waals surface area contributed by atoms with Crippen molar-refractivity contribution < 1.29 is 9.84 Å². The van der Waals surface area contributed by atoms with Crippen LogP contribution in [0.15, 0.2) is 24.3 Å². The number of hydrogen-bond acceptors (Lipinski definition) is 3. The highest BCUT2D eigenvalue weighted by Crippen LogP contribution is 2.23. The molecule has 2 rings (SSSR count). The van der Waals surface area contributed by atoms with Crippen molar-refractivity contribution in [3.05, 3.63) is 29.8 Å². The van der Waals surface area contributed by atoms with E-state index in [0.29, 0.717) is 11.7 Å². The molecule has 0 spiro atoms. The first-order valence-electron chi connectivity index (χ1n) is 6.36. The predicted molar refractivity (Wildman–Crippen MR) is 68.1 cm³/mol. The lowest BCUT2D eigenvalue weighted by Gasteiger charge is -2.24. The molecule has 1 fully saturated rings. The number of phenolic OH excluding ortho intramolecular Hbond substituents is 1. The van der Waals surface area contributed by atoms with Gasteiger partial charge in [-0.2, -0.15) is 0 Å². The fraction of sp³-hybridized carbons (Fsp3) is 0.571. The van der Waals surface area contributed by atoms with Gasteiger partial charge in [0.05, 0.1) is 6.61 Å². The Labute approximate surface area is 103 Å². The molecule has 0 aromatic heterocycles. The third-order valence-corrected chi connectivity index (χ3v) is 3.37. The molecule has 0 amide bonds. The van der Waals surface area contributed by atoms with Crippen LogP contribution in [0.5, 0.6) is 5.75 Å². The van der Waals surface area contributed by atoms with Gasteiger partial charge in [-0.05, 0) is 31.7 Å². The Morgan fingerprint density at radius 2 is 2.29 bits per heavy atom. The van der Waals surface area contributed by atoms with Gasteiger partial charge in [0.25, 0.3) is 0 Å². The average molecular weight is 235 g/mol. The Kier molecular flexibility index (Phi) is 4.40. The molecule has 0 bridgehead atoms. The topological polar surface area (TPSA) is 41.5 Å². The van der Waals surface area contributed by atoms with Gasteiger partial charge >= 0.3 is 0 Å². The largest absolute Gasteiger partial charge is 0.508 e. The first kappa shape index (κ1) is 12.4. The number of aromatic hydroxyl groups is 1. The normalized spacial score (nSPS) is 22.3. The van der Waals surface area contributed by atoms with Gasteiger partial charge in [0, 0.05) is 24.8 Å². The first-order chi connectivity index (χ1) is 8.27. The zero-order chi connectivity index (χ0) is 12.1. The summed E-state index contributed by atoms with van der Waals surface area (Å²) >= 11 is 0. The molecular formula is C14H21NO2. The standard InChI is InChI=1S/C14H21NO2/c1-11(13-6-2-3-7-14(13)16)15-9-12-5-4-8-17-10-12/h2-3,6-7,11-12,15-16H,4-5,8-10H2,1H3. The minimum absolute atomic E-state index is 0.179. The third-order valence-electron chi connectivity index (χ3n) is 3.37. The van der Waals surface area contributed by atoms with E-state index in [2.05, 4.69) is 12.2 Å². The fourth-order valence-electron chi connectivity index (χ4n) is 2.28. The molecule has 1 aromatic rings. The minimum atomic E-state index is 0.179. The lowest BCUT2D eigenvalue weighted by Crippen LogP contribution is -2.30. The van der Waals surface area contributed by atoms with E-state index in [4.69, 9.17) is 4.74 Å². The lowest BCUT2D eigenvalue weighted by atomic mass is 10.0. The molecule has 3 nitrogen and oxygen atoms in total. The van der Waals surface area contributed by atoms with Crippen molar-refractivity contribution in [3.8, 4) is 5.75 Å². The molecular weight excluding hydrogens is 214 g/mol. The quantitative estimate of drug-likeness (QED) is 0.842. The van der Waals surface area contributed by atoms with Gasteiger partial charge in [-0.3, -0.25) is 0 Å². The van der Waals surface area contributed by atoms with Gasteiger partial charge in [0.1, 0.15) is 5.75 Å². The summed E-state index contributed by atoms with van der Waals surface area (Å²) in [6, 6.07) is 7.68. The van der Waals surface area contributed by atoms with Gasteiger partial charge in [0.2, 0.25) is 0 Å². The van der Waals surface area contributed by atoms with Gasteiger partial charge in [-0.25, -0.2) is 0 Å². The van der Waals surface area contributed by atoms with Crippen molar-refractivity contribution in [1.29, 1.82) is 0 Å². The summed E-state index contributed by atoms with van der Waals surface area (Å²) in [5.74, 6) is 0.976. The van der Waals surface area contributed by atoms with Crippen molar-refractivity contribution in [3.63, 3.8) is 0 Å². The zero-order valence-electron chi connectivity index (χ0n) is 10.4. The van der Waals surface area contributed by atoms with Crippen LogP contribution in [0.1, 0.15) is 31.4 Å². The Bertz CT molecular complexity index is 348. The first-order valence-corrected chi connectivity index (χ1v) is 6.36. The second-order valence-corrected chi connectivity index (χ2v) is 4.77. The summed E-state index contributed by atoms with van der Waals surface area (Å²) in [6.07, 6.45) is 2.40. The van der Waals surface area contributed by atoms with Gasteiger partial charge in [0.15, 0.2) is 0 Å². The zero-order valence-corrected chi connectivity index (χ0v) is 10.4. The number of nitrogens with one attached hydrogen (secondary N) is 1. The number of rotatable bonds is 4. The summed E-state index contributed by atoms with van der Waals surface area (Å²) in [7, 11) is 0. The van der Waals surface area contributed by atoms with Crippen molar-refractivity contribution in [1.82, 2.24) is 5.32 Å². The van der Waals surface area contributed by atoms with Crippen LogP contribution in [0.25, 0.3) is 0 Å². The summed E-state index contributed by atoms with van der Waals surface area (Å²) in [5.41, 5.74) is 0.962. The lowest BCUT2D eigenvalue weighted by molar-refractivity contribution is 0.0540. The fourth-order valence-corrected chi connectivity index (χ4v) is 2.28. The molecule has 2 N–H and O–H groups in total. The van der Waals surface area contributed by atoms with E-state index < -0.39 is 0 Å². The van der Waals surface area contributed by atoms with Gasteiger partial charge in [-0.15, -0.1) is 0 Å². The van der Waals surface area contributed by atoms with E-state index in [-0.39, 0.29) is 6.04 Å². The summed E-state index contributed by atoms with van der Waals surface area (Å²) in [4.78, 5) is 0. The van der Waals surface area contributed by atoms with Gasteiger partial charge in [-0.1, -0.05) is 18.2 Å². The van der Waals surface area contributed by atoms with Crippen LogP contribution < -0.4 is 5.32 Å². The molecule has 1 heterocycles. The van der Waals surface area contributed by atoms with Crippen LogP contribution in [-0.4, -0.2) is 24.9 Å². The molecule has 2 atom stereocenters. The second kappa shape index (κ2) is 6.03. The van der Waals surface area contributed by atoms with Crippen molar-refractivity contribution >= 4 is 0 Å². The molecule has 0 radical (unpaired) electrons. The van der Waals surface area contributed by atoms with Crippen molar-refractivity contribution in [2.45, 2.75) is 25.8 Å². The molecule has 1 aliphatic rings. The van der Waals surface area contributed by atoms with Crippen molar-refractivity contribution in [2.24, 2.45) is 5.92 Å². The van der Waals surface area contributed by atoms with Crippen LogP contribution in [0.4, 0.5) is 0 Å². The molecule has 94 valence electrons. The number of hydrogen-bond donors (Lipinski definition) is 2. The molecule has 0 aliphatic carbocycles. The molecule has 1 aromatic carbocycles. The summed E-state index contributed by atoms with van der Waals surface area (Å²) in [6.45, 7) is 4.81. The SMILES string of the molecule is CC(NCC1CCCOC1)c1ccccc1O. The van der Waals surface area contributed by atoms with E-state index >= 15 is 0 Å². The summed E-state index contributed by atoms with van der Waals surface area (Å²) < 4.78 is 5.45. The van der Waals surface area contributed by atoms with Crippen LogP contribution in [0.2, 0.25) is 0 Å². The maximum atomic E-state index is 9.75. The van der Waals surface area contributed by atoms with E-state index in [1.165, 1.54) is 6.42 Å². The van der Waals surface area contributed by atoms with E-state index in [0.717, 1.165) is 31.7 Å². The van der Waals surface area contributed by atoms with Crippen molar-refractivity contribution in [2.75, 3.05) is 19.8 Å². The Morgan fingerprint density at radius 3 is 3.00 bits per heavy atom. The average Bonchev–Trinajstić information content (AvgIpc) is 2.38. The maximum Gasteiger partial charge on any atom is 0.120 e. The molecule has 1 saturated heterocycles. The highest BCUT2D eigenvalue weighted by molar-refractivity contribution is 5.34.